The highest BCUT2D eigenvalue weighted by Crippen LogP contribution is 2.32. The maximum absolute atomic E-state index is 10.2. The molecule has 2 unspecified atom stereocenters. The van der Waals surface area contributed by atoms with Crippen LogP contribution in [-0.2, 0) is 0 Å². The fourth-order valence-electron chi connectivity index (χ4n) is 2.65. The molecule has 1 fully saturated rings. The summed E-state index contributed by atoms with van der Waals surface area (Å²) in [5.74, 6) is 1.28. The molecule has 0 aromatic heterocycles. The van der Waals surface area contributed by atoms with Gasteiger partial charge in [-0.15, -0.1) is 0 Å². The van der Waals surface area contributed by atoms with Crippen molar-refractivity contribution in [2.24, 2.45) is 5.92 Å². The summed E-state index contributed by atoms with van der Waals surface area (Å²) in [6.07, 6.45) is 4.30. The number of rotatable bonds is 6. The molecule has 2 atom stereocenters. The van der Waals surface area contributed by atoms with Gasteiger partial charge in [0.25, 0.3) is 0 Å². The summed E-state index contributed by atoms with van der Waals surface area (Å²) in [4.78, 5) is 0. The van der Waals surface area contributed by atoms with Crippen molar-refractivity contribution in [3.63, 3.8) is 0 Å². The number of benzene rings is 1. The maximum atomic E-state index is 10.2. The summed E-state index contributed by atoms with van der Waals surface area (Å²) >= 11 is 0. The molecule has 0 saturated heterocycles. The van der Waals surface area contributed by atoms with E-state index in [1.54, 1.807) is 0 Å². The molecular weight excluding hydrogens is 236 g/mol. The van der Waals surface area contributed by atoms with Gasteiger partial charge in [-0.25, -0.2) is 0 Å². The zero-order valence-corrected chi connectivity index (χ0v) is 12.0. The zero-order valence-electron chi connectivity index (χ0n) is 12.0. The van der Waals surface area contributed by atoms with Crippen LogP contribution in [0.25, 0.3) is 0 Å². The molecule has 2 rings (SSSR count). The Morgan fingerprint density at radius 3 is 2.11 bits per heavy atom. The first-order chi connectivity index (χ1) is 9.08. The van der Waals surface area contributed by atoms with Crippen LogP contribution in [0.1, 0.15) is 69.1 Å². The van der Waals surface area contributed by atoms with Crippen molar-refractivity contribution in [3.05, 3.63) is 35.4 Å². The van der Waals surface area contributed by atoms with Crippen LogP contribution in [0.15, 0.2) is 24.3 Å². The predicted molar refractivity (Wildman–Crippen MR) is 78.1 cm³/mol. The normalized spacial score (nSPS) is 19.2. The Labute approximate surface area is 116 Å². The smallest absolute Gasteiger partial charge is 0.105 e. The summed E-state index contributed by atoms with van der Waals surface area (Å²) in [7, 11) is 0. The van der Waals surface area contributed by atoms with E-state index in [-0.39, 0.29) is 0 Å². The molecule has 1 saturated carbocycles. The Hall–Kier alpha value is -0.860. The molecule has 106 valence electrons. The minimum atomic E-state index is -0.749. The van der Waals surface area contributed by atoms with Crippen LogP contribution in [0.2, 0.25) is 0 Å². The third-order valence-corrected chi connectivity index (χ3v) is 4.40. The molecule has 2 N–H and O–H groups in total. The van der Waals surface area contributed by atoms with Crippen LogP contribution in [0.3, 0.4) is 0 Å². The van der Waals surface area contributed by atoms with Gasteiger partial charge in [-0.2, -0.15) is 0 Å². The lowest BCUT2D eigenvalue weighted by Gasteiger charge is -2.27. The molecule has 0 amide bonds. The van der Waals surface area contributed by atoms with E-state index < -0.39 is 12.2 Å². The highest BCUT2D eigenvalue weighted by molar-refractivity contribution is 5.26. The second kappa shape index (κ2) is 6.53. The van der Waals surface area contributed by atoms with Gasteiger partial charge in [-0.3, -0.25) is 0 Å². The van der Waals surface area contributed by atoms with Gasteiger partial charge in [0.2, 0.25) is 0 Å². The average molecular weight is 262 g/mol. The summed E-state index contributed by atoms with van der Waals surface area (Å²) in [6, 6.07) is 7.96. The lowest BCUT2D eigenvalue weighted by molar-refractivity contribution is 0.00761. The molecule has 0 radical (unpaired) electrons. The Bertz CT molecular complexity index is 379. The van der Waals surface area contributed by atoms with E-state index in [9.17, 15) is 10.2 Å². The van der Waals surface area contributed by atoms with E-state index >= 15 is 0 Å². The van der Waals surface area contributed by atoms with Gasteiger partial charge in [-0.05, 0) is 35.8 Å². The van der Waals surface area contributed by atoms with Crippen LogP contribution in [0.5, 0.6) is 0 Å². The van der Waals surface area contributed by atoms with E-state index in [0.29, 0.717) is 12.3 Å². The molecule has 0 heterocycles. The average Bonchev–Trinajstić information content (AvgIpc) is 2.36. The first kappa shape index (κ1) is 14.5. The van der Waals surface area contributed by atoms with Crippen LogP contribution < -0.4 is 0 Å². The minimum Gasteiger partial charge on any atom is -0.390 e. The van der Waals surface area contributed by atoms with Crippen molar-refractivity contribution < 1.29 is 10.2 Å². The first-order valence-corrected chi connectivity index (χ1v) is 7.54. The second-order valence-corrected chi connectivity index (χ2v) is 6.21. The van der Waals surface area contributed by atoms with Crippen LogP contribution in [0, 0.1) is 5.92 Å². The predicted octanol–water partition coefficient (Wildman–Crippen LogP) is 3.78. The number of hydrogen-bond donors (Lipinski definition) is 2. The van der Waals surface area contributed by atoms with E-state index in [4.69, 9.17) is 0 Å². The molecule has 0 bridgehead atoms. The molecular formula is C17H26O2. The summed E-state index contributed by atoms with van der Waals surface area (Å²) in [5.41, 5.74) is 2.09. The zero-order chi connectivity index (χ0) is 13.8. The standard InChI is InChI=1S/C17H26O2/c1-12(2)14-7-9-15(10-8-14)17(19)16(18)11-6-13-4-3-5-13/h7-10,12-13,16-19H,3-6,11H2,1-2H3. The van der Waals surface area contributed by atoms with Crippen molar-refractivity contribution in [1.82, 2.24) is 0 Å². The van der Waals surface area contributed by atoms with Gasteiger partial charge in [0, 0.05) is 0 Å². The second-order valence-electron chi connectivity index (χ2n) is 6.21. The quantitative estimate of drug-likeness (QED) is 0.819. The van der Waals surface area contributed by atoms with E-state index in [0.717, 1.165) is 17.9 Å². The van der Waals surface area contributed by atoms with Gasteiger partial charge >= 0.3 is 0 Å². The molecule has 19 heavy (non-hydrogen) atoms. The molecule has 1 aromatic carbocycles. The molecule has 0 aliphatic heterocycles. The van der Waals surface area contributed by atoms with Crippen molar-refractivity contribution >= 4 is 0 Å². The maximum Gasteiger partial charge on any atom is 0.105 e. The SMILES string of the molecule is CC(C)c1ccc(C(O)C(O)CCC2CCC2)cc1. The number of hydrogen-bond acceptors (Lipinski definition) is 2. The monoisotopic (exact) mass is 262 g/mol. The van der Waals surface area contributed by atoms with Gasteiger partial charge in [0.15, 0.2) is 0 Å². The summed E-state index contributed by atoms with van der Waals surface area (Å²) in [5, 5.41) is 20.2. The Morgan fingerprint density at radius 2 is 1.63 bits per heavy atom. The Balaban J connectivity index is 1.87. The molecule has 1 aromatic rings. The molecule has 2 heteroatoms. The molecule has 0 spiro atoms. The number of aliphatic hydroxyl groups excluding tert-OH is 2. The number of aliphatic hydroxyl groups is 2. The lowest BCUT2D eigenvalue weighted by atomic mass is 9.81. The largest absolute Gasteiger partial charge is 0.390 e. The summed E-state index contributed by atoms with van der Waals surface area (Å²) in [6.45, 7) is 4.30. The Morgan fingerprint density at radius 1 is 1.05 bits per heavy atom. The minimum absolute atomic E-state index is 0.495. The van der Waals surface area contributed by atoms with Crippen molar-refractivity contribution in [1.29, 1.82) is 0 Å². The van der Waals surface area contributed by atoms with E-state index in [1.165, 1.54) is 24.8 Å². The van der Waals surface area contributed by atoms with Crippen LogP contribution >= 0.6 is 0 Å². The van der Waals surface area contributed by atoms with Crippen molar-refractivity contribution in [2.75, 3.05) is 0 Å². The van der Waals surface area contributed by atoms with E-state index in [1.807, 2.05) is 24.3 Å². The third-order valence-electron chi connectivity index (χ3n) is 4.40. The van der Waals surface area contributed by atoms with Crippen molar-refractivity contribution in [3.8, 4) is 0 Å². The van der Waals surface area contributed by atoms with Gasteiger partial charge < -0.3 is 10.2 Å². The topological polar surface area (TPSA) is 40.5 Å². The summed E-state index contributed by atoms with van der Waals surface area (Å²) < 4.78 is 0. The first-order valence-electron chi connectivity index (χ1n) is 7.54. The van der Waals surface area contributed by atoms with E-state index in [2.05, 4.69) is 13.8 Å². The van der Waals surface area contributed by atoms with Crippen LogP contribution in [-0.4, -0.2) is 16.3 Å². The fraction of sp³-hybridized carbons (Fsp3) is 0.647. The van der Waals surface area contributed by atoms with Crippen molar-refractivity contribution in [2.45, 2.75) is 64.1 Å². The fourth-order valence-corrected chi connectivity index (χ4v) is 2.65. The van der Waals surface area contributed by atoms with Gasteiger partial charge in [0.1, 0.15) is 6.10 Å². The Kier molecular flexibility index (Phi) is 5.00. The van der Waals surface area contributed by atoms with Crippen LogP contribution in [0.4, 0.5) is 0 Å². The highest BCUT2D eigenvalue weighted by Gasteiger charge is 2.22. The van der Waals surface area contributed by atoms with Gasteiger partial charge in [0.05, 0.1) is 6.10 Å². The molecule has 1 aliphatic carbocycles. The highest BCUT2D eigenvalue weighted by atomic mass is 16.3. The molecule has 2 nitrogen and oxygen atoms in total. The third kappa shape index (κ3) is 3.80. The molecule has 1 aliphatic rings. The van der Waals surface area contributed by atoms with Gasteiger partial charge in [-0.1, -0.05) is 57.4 Å². The lowest BCUT2D eigenvalue weighted by Crippen LogP contribution is -2.21.